The van der Waals surface area contributed by atoms with E-state index in [-0.39, 0.29) is 4.90 Å². The molecule has 2 N–H and O–H groups in total. The van der Waals surface area contributed by atoms with Gasteiger partial charge in [-0.1, -0.05) is 25.1 Å². The first-order valence-corrected chi connectivity index (χ1v) is 8.55. The number of nitrogens with one attached hydrogen (secondary N) is 2. The molecule has 0 fully saturated rings. The second-order valence-electron chi connectivity index (χ2n) is 5.16. The molecule has 0 amide bonds. The van der Waals surface area contributed by atoms with Gasteiger partial charge >= 0.3 is 0 Å². The van der Waals surface area contributed by atoms with E-state index in [1.165, 1.54) is 5.56 Å². The predicted octanol–water partition coefficient (Wildman–Crippen LogP) is 3.02. The van der Waals surface area contributed by atoms with Crippen LogP contribution >= 0.6 is 0 Å². The zero-order chi connectivity index (χ0) is 14.9. The Balaban J connectivity index is 1.89. The number of hydrogen-bond donors (Lipinski definition) is 2. The van der Waals surface area contributed by atoms with Gasteiger partial charge in [-0.2, -0.15) is 0 Å². The molecule has 0 spiro atoms. The monoisotopic (exact) mass is 302 g/mol. The molecule has 3 rings (SSSR count). The van der Waals surface area contributed by atoms with Crippen LogP contribution in [0.25, 0.3) is 0 Å². The van der Waals surface area contributed by atoms with Crippen molar-refractivity contribution in [3.05, 3.63) is 53.6 Å². The van der Waals surface area contributed by atoms with Crippen LogP contribution in [0, 0.1) is 0 Å². The van der Waals surface area contributed by atoms with Crippen LogP contribution in [0.1, 0.15) is 18.1 Å². The zero-order valence-electron chi connectivity index (χ0n) is 11.9. The molecule has 0 saturated carbocycles. The molecule has 0 aromatic heterocycles. The SMILES string of the molecule is CCc1cccc(NS(=O)(=O)c2ccc3c(c2)NCC3)c1. The van der Waals surface area contributed by atoms with E-state index in [0.29, 0.717) is 5.69 Å². The highest BCUT2D eigenvalue weighted by molar-refractivity contribution is 7.92. The minimum absolute atomic E-state index is 0.289. The topological polar surface area (TPSA) is 58.2 Å². The van der Waals surface area contributed by atoms with Crippen molar-refractivity contribution in [1.29, 1.82) is 0 Å². The number of fused-ring (bicyclic) bond motifs is 1. The Morgan fingerprint density at radius 3 is 2.86 bits per heavy atom. The van der Waals surface area contributed by atoms with Crippen molar-refractivity contribution in [1.82, 2.24) is 0 Å². The minimum atomic E-state index is -3.55. The molecule has 2 aromatic rings. The van der Waals surface area contributed by atoms with Crippen LogP contribution < -0.4 is 10.0 Å². The third kappa shape index (κ3) is 2.88. The number of anilines is 2. The summed E-state index contributed by atoms with van der Waals surface area (Å²) in [5, 5.41) is 3.20. The van der Waals surface area contributed by atoms with E-state index in [4.69, 9.17) is 0 Å². The van der Waals surface area contributed by atoms with Gasteiger partial charge in [0.15, 0.2) is 0 Å². The van der Waals surface area contributed by atoms with E-state index in [2.05, 4.69) is 10.0 Å². The maximum absolute atomic E-state index is 12.5. The minimum Gasteiger partial charge on any atom is -0.384 e. The highest BCUT2D eigenvalue weighted by atomic mass is 32.2. The molecule has 110 valence electrons. The largest absolute Gasteiger partial charge is 0.384 e. The maximum atomic E-state index is 12.5. The summed E-state index contributed by atoms with van der Waals surface area (Å²) in [6.45, 7) is 2.91. The van der Waals surface area contributed by atoms with Gasteiger partial charge in [0.2, 0.25) is 0 Å². The van der Waals surface area contributed by atoms with Crippen LogP contribution in [-0.2, 0) is 22.9 Å². The molecule has 0 atom stereocenters. The lowest BCUT2D eigenvalue weighted by atomic mass is 10.1. The van der Waals surface area contributed by atoms with Gasteiger partial charge < -0.3 is 5.32 Å². The number of benzene rings is 2. The van der Waals surface area contributed by atoms with Gasteiger partial charge in [-0.15, -0.1) is 0 Å². The van der Waals surface area contributed by atoms with Crippen molar-refractivity contribution < 1.29 is 8.42 Å². The fourth-order valence-electron chi connectivity index (χ4n) is 2.51. The molecule has 4 nitrogen and oxygen atoms in total. The lowest BCUT2D eigenvalue weighted by molar-refractivity contribution is 0.601. The van der Waals surface area contributed by atoms with Crippen molar-refractivity contribution in [3.8, 4) is 0 Å². The van der Waals surface area contributed by atoms with Gasteiger partial charge in [-0.3, -0.25) is 4.72 Å². The summed E-state index contributed by atoms with van der Waals surface area (Å²) >= 11 is 0. The summed E-state index contributed by atoms with van der Waals surface area (Å²) in [6, 6.07) is 12.7. The predicted molar refractivity (Wildman–Crippen MR) is 85.3 cm³/mol. The van der Waals surface area contributed by atoms with E-state index >= 15 is 0 Å². The zero-order valence-corrected chi connectivity index (χ0v) is 12.7. The number of hydrogen-bond acceptors (Lipinski definition) is 3. The van der Waals surface area contributed by atoms with Gasteiger partial charge in [0.1, 0.15) is 0 Å². The third-order valence-electron chi connectivity index (χ3n) is 3.69. The molecular weight excluding hydrogens is 284 g/mol. The molecular formula is C16H18N2O2S. The average molecular weight is 302 g/mol. The van der Waals surface area contributed by atoms with Crippen LogP contribution in [-0.4, -0.2) is 15.0 Å². The molecule has 0 unspecified atom stereocenters. The lowest BCUT2D eigenvalue weighted by Gasteiger charge is -2.10. The first-order valence-electron chi connectivity index (χ1n) is 7.07. The summed E-state index contributed by atoms with van der Waals surface area (Å²) in [7, 11) is -3.55. The molecule has 5 heteroatoms. The Morgan fingerprint density at radius 1 is 1.19 bits per heavy atom. The summed E-state index contributed by atoms with van der Waals surface area (Å²) in [5.74, 6) is 0. The summed E-state index contributed by atoms with van der Waals surface area (Å²) in [4.78, 5) is 0.289. The number of aryl methyl sites for hydroxylation is 1. The molecule has 0 saturated heterocycles. The van der Waals surface area contributed by atoms with Gasteiger partial charge in [-0.05, 0) is 48.2 Å². The van der Waals surface area contributed by atoms with E-state index < -0.39 is 10.0 Å². The third-order valence-corrected chi connectivity index (χ3v) is 5.07. The van der Waals surface area contributed by atoms with Gasteiger partial charge in [0.05, 0.1) is 4.90 Å². The second-order valence-corrected chi connectivity index (χ2v) is 6.84. The Hall–Kier alpha value is -2.01. The fraction of sp³-hybridized carbons (Fsp3) is 0.250. The van der Waals surface area contributed by atoms with E-state index in [0.717, 1.165) is 30.6 Å². The Labute approximate surface area is 125 Å². The van der Waals surface area contributed by atoms with Gasteiger partial charge in [0, 0.05) is 17.9 Å². The van der Waals surface area contributed by atoms with Crippen LogP contribution in [0.15, 0.2) is 47.4 Å². The maximum Gasteiger partial charge on any atom is 0.261 e. The number of rotatable bonds is 4. The van der Waals surface area contributed by atoms with Gasteiger partial charge in [-0.25, -0.2) is 8.42 Å². The van der Waals surface area contributed by atoms with E-state index in [9.17, 15) is 8.42 Å². The van der Waals surface area contributed by atoms with Crippen molar-refractivity contribution >= 4 is 21.4 Å². The smallest absolute Gasteiger partial charge is 0.261 e. The van der Waals surface area contributed by atoms with E-state index in [1.54, 1.807) is 18.2 Å². The molecule has 0 aliphatic carbocycles. The molecule has 1 heterocycles. The Morgan fingerprint density at radius 2 is 2.05 bits per heavy atom. The normalized spacial score (nSPS) is 13.6. The molecule has 0 radical (unpaired) electrons. The summed E-state index contributed by atoms with van der Waals surface area (Å²) in [6.07, 6.45) is 1.82. The van der Waals surface area contributed by atoms with Crippen LogP contribution in [0.4, 0.5) is 11.4 Å². The molecule has 2 aromatic carbocycles. The summed E-state index contributed by atoms with van der Waals surface area (Å²) in [5.41, 5.74) is 3.79. The average Bonchev–Trinajstić information content (AvgIpc) is 2.94. The van der Waals surface area contributed by atoms with Crippen LogP contribution in [0.2, 0.25) is 0 Å². The van der Waals surface area contributed by atoms with Crippen molar-refractivity contribution in [2.24, 2.45) is 0 Å². The highest BCUT2D eigenvalue weighted by Crippen LogP contribution is 2.26. The Kier molecular flexibility index (Phi) is 3.59. The van der Waals surface area contributed by atoms with Crippen molar-refractivity contribution in [2.75, 3.05) is 16.6 Å². The lowest BCUT2D eigenvalue weighted by Crippen LogP contribution is -2.13. The first-order chi connectivity index (χ1) is 10.1. The van der Waals surface area contributed by atoms with Crippen molar-refractivity contribution in [3.63, 3.8) is 0 Å². The van der Waals surface area contributed by atoms with Crippen molar-refractivity contribution in [2.45, 2.75) is 24.7 Å². The number of sulfonamides is 1. The van der Waals surface area contributed by atoms with Crippen LogP contribution in [0.5, 0.6) is 0 Å². The standard InChI is InChI=1S/C16H18N2O2S/c1-2-12-4-3-5-14(10-12)18-21(19,20)15-7-6-13-8-9-17-16(13)11-15/h3-7,10-11,17-18H,2,8-9H2,1H3. The Bertz CT molecular complexity index is 770. The molecule has 0 bridgehead atoms. The summed E-state index contributed by atoms with van der Waals surface area (Å²) < 4.78 is 27.6. The van der Waals surface area contributed by atoms with Crippen LogP contribution in [0.3, 0.4) is 0 Å². The van der Waals surface area contributed by atoms with Gasteiger partial charge in [0.25, 0.3) is 10.0 Å². The quantitative estimate of drug-likeness (QED) is 0.912. The first kappa shape index (κ1) is 13.9. The second kappa shape index (κ2) is 5.41. The molecule has 21 heavy (non-hydrogen) atoms. The fourth-order valence-corrected chi connectivity index (χ4v) is 3.58. The molecule has 1 aliphatic heterocycles. The molecule has 1 aliphatic rings. The van der Waals surface area contributed by atoms with E-state index in [1.807, 2.05) is 31.2 Å². The highest BCUT2D eigenvalue weighted by Gasteiger charge is 2.18.